The molecule has 0 saturated carbocycles. The van der Waals surface area contributed by atoms with Gasteiger partial charge in [-0.1, -0.05) is 27.7 Å². The highest BCUT2D eigenvalue weighted by Crippen LogP contribution is 2.46. The maximum absolute atomic E-state index is 11.3. The summed E-state index contributed by atoms with van der Waals surface area (Å²) < 4.78 is 32.7. The second-order valence-electron chi connectivity index (χ2n) is 8.29. The molecule has 6 bridgehead atoms. The summed E-state index contributed by atoms with van der Waals surface area (Å²) in [6.45, 7) is 8.14. The highest BCUT2D eigenvalue weighted by Gasteiger charge is 2.60. The highest BCUT2D eigenvalue weighted by atomic mass is 16.8. The molecule has 0 radical (unpaired) electrons. The van der Waals surface area contributed by atoms with Crippen molar-refractivity contribution in [1.82, 2.24) is 0 Å². The first-order valence-electron chi connectivity index (χ1n) is 9.39. The molecule has 2 unspecified atom stereocenters. The number of carbonyl (C=O) groups excluding carboxylic acids is 2. The predicted octanol–water partition coefficient (Wildman–Crippen LogP) is 0.615. The second-order valence-corrected chi connectivity index (χ2v) is 8.29. The summed E-state index contributed by atoms with van der Waals surface area (Å²) in [7, 11) is 0. The van der Waals surface area contributed by atoms with Gasteiger partial charge in [0.05, 0.1) is 12.2 Å². The standard InChI is InChI=1S/2C9H12O4/c2*1-3-5-4(2)7-9(12-5)13-8(10)6(3)11-7/h2*3-7,9H,1-2H3/t2*3-,4+,5+,6+,7-,9?/m10/s1. The van der Waals surface area contributed by atoms with Gasteiger partial charge < -0.3 is 28.4 Å². The van der Waals surface area contributed by atoms with Gasteiger partial charge in [0, 0.05) is 23.7 Å². The Morgan fingerprint density at radius 2 is 0.923 bits per heavy atom. The van der Waals surface area contributed by atoms with Gasteiger partial charge in [0.25, 0.3) is 0 Å². The van der Waals surface area contributed by atoms with Gasteiger partial charge in [-0.2, -0.15) is 0 Å². The van der Waals surface area contributed by atoms with Gasteiger partial charge >= 0.3 is 11.9 Å². The molecular weight excluding hydrogens is 344 g/mol. The Kier molecular flexibility index (Phi) is 3.67. The molecule has 6 fully saturated rings. The van der Waals surface area contributed by atoms with E-state index >= 15 is 0 Å². The zero-order valence-electron chi connectivity index (χ0n) is 15.2. The lowest BCUT2D eigenvalue weighted by molar-refractivity contribution is -0.226. The van der Waals surface area contributed by atoms with Crippen LogP contribution >= 0.6 is 0 Å². The third kappa shape index (κ3) is 2.16. The van der Waals surface area contributed by atoms with Gasteiger partial charge in [-0.05, 0) is 0 Å². The summed E-state index contributed by atoms with van der Waals surface area (Å²) in [5, 5.41) is 0. The Labute approximate surface area is 151 Å². The van der Waals surface area contributed by atoms with E-state index in [2.05, 4.69) is 13.8 Å². The number of hydrogen-bond donors (Lipinski definition) is 0. The Bertz CT molecular complexity index is 583. The molecule has 6 rings (SSSR count). The zero-order valence-corrected chi connectivity index (χ0v) is 15.2. The summed E-state index contributed by atoms with van der Waals surface area (Å²) >= 11 is 0. The molecule has 8 heteroatoms. The van der Waals surface area contributed by atoms with Crippen LogP contribution in [0.2, 0.25) is 0 Å². The lowest BCUT2D eigenvalue weighted by atomic mass is 9.84. The number of fused-ring (bicyclic) bond motifs is 4. The molecule has 0 aromatic heterocycles. The van der Waals surface area contributed by atoms with Gasteiger partial charge in [-0.3, -0.25) is 0 Å². The molecule has 144 valence electrons. The molecule has 26 heavy (non-hydrogen) atoms. The van der Waals surface area contributed by atoms with Crippen LogP contribution in [0.25, 0.3) is 0 Å². The van der Waals surface area contributed by atoms with Crippen molar-refractivity contribution in [2.24, 2.45) is 23.7 Å². The van der Waals surface area contributed by atoms with Crippen molar-refractivity contribution in [2.75, 3.05) is 0 Å². The van der Waals surface area contributed by atoms with Crippen molar-refractivity contribution >= 4 is 11.9 Å². The minimum Gasteiger partial charge on any atom is -0.431 e. The van der Waals surface area contributed by atoms with E-state index in [9.17, 15) is 9.59 Å². The second kappa shape index (κ2) is 5.64. The van der Waals surface area contributed by atoms with Gasteiger partial charge in [0.1, 0.15) is 12.2 Å². The molecule has 8 nitrogen and oxygen atoms in total. The molecule has 6 aliphatic heterocycles. The highest BCUT2D eigenvalue weighted by molar-refractivity contribution is 5.77. The third-order valence-electron chi connectivity index (χ3n) is 6.72. The van der Waals surface area contributed by atoms with Crippen LogP contribution in [-0.4, -0.2) is 61.1 Å². The topological polar surface area (TPSA) is 89.5 Å². The molecule has 6 heterocycles. The molecule has 6 aliphatic rings. The molecule has 0 N–H and O–H groups in total. The van der Waals surface area contributed by atoms with Crippen LogP contribution < -0.4 is 0 Å². The normalized spacial score (nSPS) is 58.2. The fourth-order valence-corrected chi connectivity index (χ4v) is 5.19. The monoisotopic (exact) mass is 368 g/mol. The summed E-state index contributed by atoms with van der Waals surface area (Å²) in [6, 6.07) is 0. The van der Waals surface area contributed by atoms with Crippen LogP contribution in [0.4, 0.5) is 0 Å². The number of hydrogen-bond acceptors (Lipinski definition) is 8. The molecule has 0 aromatic rings. The van der Waals surface area contributed by atoms with E-state index in [0.717, 1.165) is 0 Å². The van der Waals surface area contributed by atoms with Gasteiger partial charge in [0.15, 0.2) is 12.2 Å². The fourth-order valence-electron chi connectivity index (χ4n) is 5.19. The average Bonchev–Trinajstić information content (AvgIpc) is 2.87. The van der Waals surface area contributed by atoms with E-state index in [1.54, 1.807) is 0 Å². The molecule has 12 atom stereocenters. The molecule has 0 aromatic carbocycles. The third-order valence-corrected chi connectivity index (χ3v) is 6.72. The predicted molar refractivity (Wildman–Crippen MR) is 83.5 cm³/mol. The van der Waals surface area contributed by atoms with Gasteiger partial charge in [-0.15, -0.1) is 0 Å². The van der Waals surface area contributed by atoms with Crippen molar-refractivity contribution in [3.05, 3.63) is 0 Å². The van der Waals surface area contributed by atoms with E-state index in [0.29, 0.717) is 11.8 Å². The SMILES string of the molecule is C[C@@H]1[C@@H]2OC3OC(=O)[C@H](O[C@H]31)[C@H]2C.C[C@@H]1[C@@H]2OC3OC(=O)[C@H]1O[C@@H]3[C@H]2C. The number of ether oxygens (including phenoxy) is 6. The van der Waals surface area contributed by atoms with E-state index < -0.39 is 24.8 Å². The first-order chi connectivity index (χ1) is 12.4. The van der Waals surface area contributed by atoms with Crippen molar-refractivity contribution in [2.45, 2.75) is 76.9 Å². The van der Waals surface area contributed by atoms with E-state index in [4.69, 9.17) is 28.4 Å². The van der Waals surface area contributed by atoms with E-state index in [1.807, 2.05) is 13.8 Å². The van der Waals surface area contributed by atoms with Crippen LogP contribution in [-0.2, 0) is 38.0 Å². The van der Waals surface area contributed by atoms with Crippen molar-refractivity contribution < 1.29 is 38.0 Å². The minimum atomic E-state index is -0.450. The van der Waals surface area contributed by atoms with Gasteiger partial charge in [-0.25, -0.2) is 9.59 Å². The smallest absolute Gasteiger partial charge is 0.338 e. The first-order valence-corrected chi connectivity index (χ1v) is 9.39. The Morgan fingerprint density at radius 3 is 1.31 bits per heavy atom. The Morgan fingerprint density at radius 1 is 0.538 bits per heavy atom. The van der Waals surface area contributed by atoms with Crippen LogP contribution in [0.15, 0.2) is 0 Å². The number of carbonyl (C=O) groups is 2. The Balaban J connectivity index is 0.000000115. The van der Waals surface area contributed by atoms with Crippen molar-refractivity contribution in [3.63, 3.8) is 0 Å². The van der Waals surface area contributed by atoms with Crippen LogP contribution in [0.1, 0.15) is 27.7 Å². The maximum Gasteiger partial charge on any atom is 0.338 e. The fraction of sp³-hybridized carbons (Fsp3) is 0.889. The average molecular weight is 368 g/mol. The van der Waals surface area contributed by atoms with Gasteiger partial charge in [0.2, 0.25) is 12.6 Å². The van der Waals surface area contributed by atoms with E-state index in [1.165, 1.54) is 0 Å². The first kappa shape index (κ1) is 16.9. The van der Waals surface area contributed by atoms with Crippen LogP contribution in [0.5, 0.6) is 0 Å². The number of rotatable bonds is 0. The minimum absolute atomic E-state index is 0.0381. The molecule has 0 spiro atoms. The van der Waals surface area contributed by atoms with Crippen molar-refractivity contribution in [1.29, 1.82) is 0 Å². The summed E-state index contributed by atoms with van der Waals surface area (Å²) in [4.78, 5) is 22.7. The van der Waals surface area contributed by atoms with Crippen LogP contribution in [0.3, 0.4) is 0 Å². The van der Waals surface area contributed by atoms with Crippen molar-refractivity contribution in [3.8, 4) is 0 Å². The lowest BCUT2D eigenvalue weighted by Crippen LogP contribution is -2.53. The maximum atomic E-state index is 11.3. The molecular formula is C18H24O8. The Hall–Kier alpha value is -1.22. The summed E-state index contributed by atoms with van der Waals surface area (Å²) in [5.74, 6) is 0.387. The molecule has 0 aliphatic carbocycles. The summed E-state index contributed by atoms with van der Waals surface area (Å²) in [5.41, 5.74) is 0. The zero-order chi connectivity index (χ0) is 18.3. The summed E-state index contributed by atoms with van der Waals surface area (Å²) in [6.07, 6.45) is -1.52. The molecule has 6 saturated heterocycles. The lowest BCUT2D eigenvalue weighted by Gasteiger charge is -2.38. The number of esters is 2. The quantitative estimate of drug-likeness (QED) is 0.575. The molecule has 0 amide bonds. The largest absolute Gasteiger partial charge is 0.431 e. The van der Waals surface area contributed by atoms with E-state index in [-0.39, 0.29) is 48.2 Å². The van der Waals surface area contributed by atoms with Crippen LogP contribution in [0, 0.1) is 23.7 Å².